The smallest absolute Gasteiger partial charge is 0.348 e. The number of anilines is 2. The monoisotopic (exact) mass is 474 g/mol. The molecule has 2 saturated carbocycles. The fourth-order valence-electron chi connectivity index (χ4n) is 4.42. The van der Waals surface area contributed by atoms with E-state index >= 15 is 0 Å². The second kappa shape index (κ2) is 8.29. The van der Waals surface area contributed by atoms with Crippen molar-refractivity contribution < 1.29 is 4.79 Å². The summed E-state index contributed by atoms with van der Waals surface area (Å²) in [4.78, 5) is 36.0. The number of nitrogens with one attached hydrogen (secondary N) is 3. The molecule has 3 N–H and O–H groups in total. The number of aromatic nitrogens is 4. The molecular formula is C25H23ClN6O2. The van der Waals surface area contributed by atoms with E-state index in [9.17, 15) is 9.59 Å². The van der Waals surface area contributed by atoms with Crippen molar-refractivity contribution in [3.05, 3.63) is 87.2 Å². The van der Waals surface area contributed by atoms with Gasteiger partial charge in [-0.05, 0) is 60.4 Å². The van der Waals surface area contributed by atoms with Crippen LogP contribution in [-0.2, 0) is 11.3 Å². The van der Waals surface area contributed by atoms with Gasteiger partial charge in [0.05, 0.1) is 12.2 Å². The Morgan fingerprint density at radius 1 is 1.12 bits per heavy atom. The highest BCUT2D eigenvalue weighted by molar-refractivity contribution is 6.30. The number of pyridine rings is 1. The molecule has 4 aromatic rings. The van der Waals surface area contributed by atoms with Crippen LogP contribution in [0.2, 0.25) is 5.02 Å². The van der Waals surface area contributed by atoms with Crippen molar-refractivity contribution in [2.24, 2.45) is 5.92 Å². The first-order valence-electron chi connectivity index (χ1n) is 11.4. The Hall–Kier alpha value is -3.65. The lowest BCUT2D eigenvalue weighted by Crippen LogP contribution is -2.21. The van der Waals surface area contributed by atoms with E-state index in [0.717, 1.165) is 23.3 Å². The zero-order chi connectivity index (χ0) is 23.2. The first-order chi connectivity index (χ1) is 16.5. The molecule has 1 amide bonds. The summed E-state index contributed by atoms with van der Waals surface area (Å²) in [5.74, 6) is 1.22. The molecule has 0 radical (unpaired) electrons. The first kappa shape index (κ1) is 20.9. The number of benzene rings is 1. The third-order valence-corrected chi connectivity index (χ3v) is 6.66. The Morgan fingerprint density at radius 3 is 2.82 bits per heavy atom. The number of hydrogen-bond acceptors (Lipinski definition) is 5. The topological polar surface area (TPSA) is 104 Å². The molecule has 2 fully saturated rings. The summed E-state index contributed by atoms with van der Waals surface area (Å²) >= 11 is 6.07. The quantitative estimate of drug-likeness (QED) is 0.370. The molecule has 0 spiro atoms. The van der Waals surface area contributed by atoms with E-state index in [-0.39, 0.29) is 17.7 Å². The van der Waals surface area contributed by atoms with Crippen LogP contribution in [0.4, 0.5) is 11.6 Å². The SMILES string of the molecule is O=C(Nc1cc(NCc2cn3cc(C4CC4)ccc3n2)nc(=O)[nH]1)[C@H]1CC1c1cccc(Cl)c1. The van der Waals surface area contributed by atoms with E-state index in [2.05, 4.69) is 37.8 Å². The highest BCUT2D eigenvalue weighted by atomic mass is 35.5. The fraction of sp³-hybridized carbons (Fsp3) is 0.280. The molecule has 34 heavy (non-hydrogen) atoms. The highest BCUT2D eigenvalue weighted by Gasteiger charge is 2.44. The molecule has 2 atom stereocenters. The summed E-state index contributed by atoms with van der Waals surface area (Å²) in [6.45, 7) is 0.406. The van der Waals surface area contributed by atoms with Gasteiger partial charge < -0.3 is 15.0 Å². The molecule has 1 aromatic carbocycles. The number of halogens is 1. The second-order valence-electron chi connectivity index (χ2n) is 9.07. The van der Waals surface area contributed by atoms with E-state index < -0.39 is 5.69 Å². The summed E-state index contributed by atoms with van der Waals surface area (Å²) in [5.41, 5.74) is 3.57. The zero-order valence-corrected chi connectivity index (χ0v) is 19.0. The van der Waals surface area contributed by atoms with Gasteiger partial charge in [-0.3, -0.25) is 9.78 Å². The van der Waals surface area contributed by atoms with Gasteiger partial charge in [0, 0.05) is 29.4 Å². The van der Waals surface area contributed by atoms with Gasteiger partial charge in [-0.15, -0.1) is 0 Å². The molecule has 3 heterocycles. The minimum Gasteiger partial charge on any atom is -0.364 e. The molecule has 2 aliphatic carbocycles. The van der Waals surface area contributed by atoms with Crippen LogP contribution in [0.5, 0.6) is 0 Å². The number of hydrogen-bond donors (Lipinski definition) is 3. The van der Waals surface area contributed by atoms with Crippen molar-refractivity contribution in [2.45, 2.75) is 37.6 Å². The minimum absolute atomic E-state index is 0.135. The number of nitrogens with zero attached hydrogens (tertiary/aromatic N) is 3. The van der Waals surface area contributed by atoms with Crippen LogP contribution < -0.4 is 16.3 Å². The number of rotatable bonds is 7. The standard InChI is InChI=1S/C25H23ClN6O2/c26-17-3-1-2-15(8-17)19-9-20(19)24(33)29-22-10-21(30-25(34)31-22)27-11-18-13-32-12-16(14-4-5-14)6-7-23(32)28-18/h1-3,6-8,10,12-14,19-20H,4-5,9,11H2,(H3,27,29,30,31,33,34)/t19?,20-/m0/s1. The number of fused-ring (bicyclic) bond motifs is 1. The lowest BCUT2D eigenvalue weighted by Gasteiger charge is -2.08. The summed E-state index contributed by atoms with van der Waals surface area (Å²) in [5, 5.41) is 6.61. The van der Waals surface area contributed by atoms with Crippen molar-refractivity contribution in [3.8, 4) is 0 Å². The van der Waals surface area contributed by atoms with E-state index in [1.807, 2.05) is 40.9 Å². The predicted octanol–water partition coefficient (Wildman–Crippen LogP) is 4.30. The molecule has 3 aromatic heterocycles. The third-order valence-electron chi connectivity index (χ3n) is 6.43. The van der Waals surface area contributed by atoms with Crippen molar-refractivity contribution in [1.29, 1.82) is 0 Å². The summed E-state index contributed by atoms with van der Waals surface area (Å²) in [6, 6.07) is 13.4. The largest absolute Gasteiger partial charge is 0.364 e. The van der Waals surface area contributed by atoms with Crippen molar-refractivity contribution in [1.82, 2.24) is 19.4 Å². The molecule has 9 heteroatoms. The maximum atomic E-state index is 12.7. The molecule has 0 saturated heterocycles. The Bertz CT molecular complexity index is 1460. The summed E-state index contributed by atoms with van der Waals surface area (Å²) in [7, 11) is 0. The van der Waals surface area contributed by atoms with Crippen LogP contribution in [0.25, 0.3) is 5.65 Å². The number of amides is 1. The molecular weight excluding hydrogens is 452 g/mol. The lowest BCUT2D eigenvalue weighted by molar-refractivity contribution is -0.117. The Morgan fingerprint density at radius 2 is 2.00 bits per heavy atom. The lowest BCUT2D eigenvalue weighted by atomic mass is 10.1. The molecule has 6 rings (SSSR count). The molecule has 172 valence electrons. The van der Waals surface area contributed by atoms with Gasteiger partial charge in [0.25, 0.3) is 0 Å². The van der Waals surface area contributed by atoms with E-state index in [1.165, 1.54) is 18.4 Å². The minimum atomic E-state index is -0.536. The number of carbonyl (C=O) groups is 1. The normalized spacial score (nSPS) is 19.2. The molecule has 8 nitrogen and oxygen atoms in total. The van der Waals surface area contributed by atoms with Crippen LogP contribution in [0.3, 0.4) is 0 Å². The number of imidazole rings is 1. The molecule has 2 aliphatic rings. The van der Waals surface area contributed by atoms with Crippen LogP contribution in [0, 0.1) is 5.92 Å². The number of aromatic amines is 1. The van der Waals surface area contributed by atoms with Crippen molar-refractivity contribution in [2.75, 3.05) is 10.6 Å². The van der Waals surface area contributed by atoms with E-state index in [0.29, 0.717) is 29.1 Å². The van der Waals surface area contributed by atoms with Crippen LogP contribution in [-0.4, -0.2) is 25.3 Å². The molecule has 0 aliphatic heterocycles. The molecule has 0 bridgehead atoms. The van der Waals surface area contributed by atoms with Gasteiger partial charge in [-0.1, -0.05) is 29.8 Å². The maximum absolute atomic E-state index is 12.7. The maximum Gasteiger partial charge on any atom is 0.348 e. The summed E-state index contributed by atoms with van der Waals surface area (Å²) in [6.07, 6.45) is 7.38. The molecule has 1 unspecified atom stereocenters. The van der Waals surface area contributed by atoms with Gasteiger partial charge in [0.2, 0.25) is 5.91 Å². The zero-order valence-electron chi connectivity index (χ0n) is 18.3. The number of carbonyl (C=O) groups excluding carboxylic acids is 1. The fourth-order valence-corrected chi connectivity index (χ4v) is 4.62. The average molecular weight is 475 g/mol. The van der Waals surface area contributed by atoms with Gasteiger partial charge in [-0.2, -0.15) is 4.98 Å². The van der Waals surface area contributed by atoms with Crippen LogP contribution >= 0.6 is 11.6 Å². The Labute approximate surface area is 200 Å². The average Bonchev–Trinajstić information content (AvgIpc) is 3.73. The van der Waals surface area contributed by atoms with E-state index in [4.69, 9.17) is 11.6 Å². The van der Waals surface area contributed by atoms with Crippen molar-refractivity contribution >= 4 is 34.8 Å². The summed E-state index contributed by atoms with van der Waals surface area (Å²) < 4.78 is 2.04. The Kier molecular flexibility index (Phi) is 5.10. The van der Waals surface area contributed by atoms with Gasteiger partial charge in [0.15, 0.2) is 0 Å². The third kappa shape index (κ3) is 4.41. The van der Waals surface area contributed by atoms with E-state index in [1.54, 1.807) is 6.07 Å². The van der Waals surface area contributed by atoms with Crippen LogP contribution in [0.1, 0.15) is 47.9 Å². The van der Waals surface area contributed by atoms with Gasteiger partial charge in [0.1, 0.15) is 17.3 Å². The van der Waals surface area contributed by atoms with Crippen LogP contribution in [0.15, 0.2) is 59.7 Å². The first-order valence-corrected chi connectivity index (χ1v) is 11.8. The predicted molar refractivity (Wildman–Crippen MR) is 130 cm³/mol. The number of H-pyrrole nitrogens is 1. The van der Waals surface area contributed by atoms with Gasteiger partial charge in [-0.25, -0.2) is 9.78 Å². The van der Waals surface area contributed by atoms with Gasteiger partial charge >= 0.3 is 5.69 Å². The highest BCUT2D eigenvalue weighted by Crippen LogP contribution is 2.48. The Balaban J connectivity index is 1.11. The van der Waals surface area contributed by atoms with Crippen molar-refractivity contribution in [3.63, 3.8) is 0 Å². The second-order valence-corrected chi connectivity index (χ2v) is 9.50.